The van der Waals surface area contributed by atoms with Crippen LogP contribution in [0.4, 0.5) is 0 Å². The lowest BCUT2D eigenvalue weighted by atomic mass is 10.1. The van der Waals surface area contributed by atoms with Crippen LogP contribution in [0, 0.1) is 0 Å². The highest BCUT2D eigenvalue weighted by atomic mass is 16.5. The number of hydrogen-bond donors (Lipinski definition) is 0. The van der Waals surface area contributed by atoms with Crippen LogP contribution in [0.3, 0.4) is 0 Å². The first-order valence-corrected chi connectivity index (χ1v) is 7.46. The molecule has 3 heteroatoms. The highest BCUT2D eigenvalue weighted by Gasteiger charge is 2.14. The number of fused-ring (bicyclic) bond motifs is 3. The topological polar surface area (TPSA) is 31.2 Å². The molecule has 1 aromatic heterocycles. The molecule has 0 fully saturated rings. The second-order valence-corrected chi connectivity index (χ2v) is 5.41. The van der Waals surface area contributed by atoms with Crippen LogP contribution in [0.25, 0.3) is 27.5 Å². The molecular formula is C20H15NO2. The quantitative estimate of drug-likeness (QED) is 0.508. The van der Waals surface area contributed by atoms with Gasteiger partial charge in [0.05, 0.1) is 23.7 Å². The van der Waals surface area contributed by atoms with Crippen molar-refractivity contribution in [3.8, 4) is 5.69 Å². The molecule has 4 rings (SSSR count). The average Bonchev–Trinajstić information content (AvgIpc) is 2.95. The van der Waals surface area contributed by atoms with Crippen LogP contribution in [0.2, 0.25) is 0 Å². The molecule has 0 bridgehead atoms. The van der Waals surface area contributed by atoms with Gasteiger partial charge in [-0.25, -0.2) is 4.79 Å². The highest BCUT2D eigenvalue weighted by molar-refractivity contribution is 6.11. The third-order valence-corrected chi connectivity index (χ3v) is 4.11. The average molecular weight is 301 g/mol. The minimum absolute atomic E-state index is 0.316. The molecule has 112 valence electrons. The van der Waals surface area contributed by atoms with Crippen LogP contribution in [0.1, 0.15) is 10.4 Å². The molecular weight excluding hydrogens is 286 g/mol. The molecule has 0 spiro atoms. The molecule has 0 aliphatic heterocycles. The Morgan fingerprint density at radius 2 is 1.52 bits per heavy atom. The summed E-state index contributed by atoms with van der Waals surface area (Å²) in [6.45, 7) is 0. The molecule has 4 aromatic rings. The molecule has 0 aliphatic rings. The van der Waals surface area contributed by atoms with Gasteiger partial charge < -0.3 is 9.30 Å². The van der Waals surface area contributed by atoms with Gasteiger partial charge in [0.15, 0.2) is 0 Å². The third kappa shape index (κ3) is 2.09. The Morgan fingerprint density at radius 3 is 2.30 bits per heavy atom. The Balaban J connectivity index is 2.11. The molecule has 0 unspecified atom stereocenters. The molecule has 0 saturated heterocycles. The van der Waals surface area contributed by atoms with Crippen molar-refractivity contribution in [1.29, 1.82) is 0 Å². The lowest BCUT2D eigenvalue weighted by molar-refractivity contribution is 0.0601. The van der Waals surface area contributed by atoms with Crippen molar-refractivity contribution in [2.75, 3.05) is 7.11 Å². The Kier molecular flexibility index (Phi) is 3.12. The van der Waals surface area contributed by atoms with Gasteiger partial charge in [-0.05, 0) is 36.4 Å². The first-order chi connectivity index (χ1) is 11.3. The van der Waals surface area contributed by atoms with Gasteiger partial charge in [-0.2, -0.15) is 0 Å². The Bertz CT molecular complexity index is 1020. The smallest absolute Gasteiger partial charge is 0.337 e. The Labute approximate surface area is 133 Å². The van der Waals surface area contributed by atoms with Crippen molar-refractivity contribution in [2.24, 2.45) is 0 Å². The van der Waals surface area contributed by atoms with E-state index < -0.39 is 0 Å². The maximum atomic E-state index is 11.8. The van der Waals surface area contributed by atoms with E-state index >= 15 is 0 Å². The number of esters is 1. The molecule has 0 radical (unpaired) electrons. The number of carbonyl (C=O) groups is 1. The number of aromatic nitrogens is 1. The van der Waals surface area contributed by atoms with Crippen molar-refractivity contribution in [1.82, 2.24) is 4.57 Å². The summed E-state index contributed by atoms with van der Waals surface area (Å²) >= 11 is 0. The fourth-order valence-electron chi connectivity index (χ4n) is 3.07. The van der Waals surface area contributed by atoms with Crippen molar-refractivity contribution in [3.63, 3.8) is 0 Å². The number of methoxy groups -OCH3 is 1. The van der Waals surface area contributed by atoms with Crippen LogP contribution in [-0.4, -0.2) is 17.6 Å². The summed E-state index contributed by atoms with van der Waals surface area (Å²) < 4.78 is 7.06. The van der Waals surface area contributed by atoms with Gasteiger partial charge in [0.25, 0.3) is 0 Å². The zero-order valence-electron chi connectivity index (χ0n) is 12.7. The summed E-state index contributed by atoms with van der Waals surface area (Å²) in [5.74, 6) is -0.316. The number of rotatable bonds is 2. The van der Waals surface area contributed by atoms with Crippen molar-refractivity contribution in [3.05, 3.63) is 78.4 Å². The summed E-state index contributed by atoms with van der Waals surface area (Å²) in [6.07, 6.45) is 0. The van der Waals surface area contributed by atoms with E-state index in [0.717, 1.165) is 27.5 Å². The lowest BCUT2D eigenvalue weighted by Crippen LogP contribution is -2.00. The first kappa shape index (κ1) is 13.6. The number of para-hydroxylation sites is 2. The van der Waals surface area contributed by atoms with Crippen molar-refractivity contribution >= 4 is 27.8 Å². The van der Waals surface area contributed by atoms with E-state index in [-0.39, 0.29) is 5.97 Å². The SMILES string of the molecule is COC(=O)c1ccc2c(c1)c1ccccc1n2-c1ccccc1. The normalized spacial score (nSPS) is 11.0. The van der Waals surface area contributed by atoms with E-state index in [0.29, 0.717) is 5.56 Å². The Hall–Kier alpha value is -3.07. The van der Waals surface area contributed by atoms with Crippen LogP contribution in [-0.2, 0) is 4.74 Å². The number of benzene rings is 3. The Morgan fingerprint density at radius 1 is 0.826 bits per heavy atom. The van der Waals surface area contributed by atoms with E-state index in [9.17, 15) is 4.79 Å². The molecule has 0 saturated carbocycles. The van der Waals surface area contributed by atoms with Gasteiger partial charge in [0.1, 0.15) is 0 Å². The molecule has 3 nitrogen and oxygen atoms in total. The van der Waals surface area contributed by atoms with E-state index in [4.69, 9.17) is 4.74 Å². The second-order valence-electron chi connectivity index (χ2n) is 5.41. The number of ether oxygens (including phenoxy) is 1. The molecule has 23 heavy (non-hydrogen) atoms. The summed E-state index contributed by atoms with van der Waals surface area (Å²) in [5.41, 5.74) is 3.86. The second kappa shape index (κ2) is 5.29. The molecule has 0 atom stereocenters. The number of hydrogen-bond acceptors (Lipinski definition) is 2. The molecule has 0 N–H and O–H groups in total. The summed E-state index contributed by atoms with van der Waals surface area (Å²) in [5, 5.41) is 2.17. The van der Waals surface area contributed by atoms with Crippen molar-refractivity contribution in [2.45, 2.75) is 0 Å². The summed E-state index contributed by atoms with van der Waals surface area (Å²) in [4.78, 5) is 11.8. The molecule has 0 aliphatic carbocycles. The minimum Gasteiger partial charge on any atom is -0.465 e. The van der Waals surface area contributed by atoms with E-state index in [1.807, 2.05) is 48.5 Å². The zero-order valence-corrected chi connectivity index (χ0v) is 12.7. The maximum Gasteiger partial charge on any atom is 0.337 e. The van der Waals surface area contributed by atoms with Crippen molar-refractivity contribution < 1.29 is 9.53 Å². The summed E-state index contributed by atoms with van der Waals surface area (Å²) in [6, 6.07) is 24.1. The third-order valence-electron chi connectivity index (χ3n) is 4.11. The maximum absolute atomic E-state index is 11.8. The number of carbonyl (C=O) groups excluding carboxylic acids is 1. The van der Waals surface area contributed by atoms with Gasteiger partial charge in [0.2, 0.25) is 0 Å². The van der Waals surface area contributed by atoms with Crippen LogP contribution >= 0.6 is 0 Å². The fraction of sp³-hybridized carbons (Fsp3) is 0.0500. The molecule has 0 amide bonds. The lowest BCUT2D eigenvalue weighted by Gasteiger charge is -2.07. The van der Waals surface area contributed by atoms with Gasteiger partial charge in [-0.3, -0.25) is 0 Å². The standard InChI is InChI=1S/C20H15NO2/c1-23-20(22)14-11-12-19-17(13-14)16-9-5-6-10-18(16)21(19)15-7-3-2-4-8-15/h2-13H,1H3. The number of nitrogens with zero attached hydrogens (tertiary/aromatic N) is 1. The predicted octanol–water partition coefficient (Wildman–Crippen LogP) is 4.57. The van der Waals surface area contributed by atoms with Gasteiger partial charge >= 0.3 is 5.97 Å². The largest absolute Gasteiger partial charge is 0.465 e. The van der Waals surface area contributed by atoms with Gasteiger partial charge in [-0.1, -0.05) is 36.4 Å². The fourth-order valence-corrected chi connectivity index (χ4v) is 3.07. The highest BCUT2D eigenvalue weighted by Crippen LogP contribution is 2.32. The zero-order chi connectivity index (χ0) is 15.8. The van der Waals surface area contributed by atoms with E-state index in [1.54, 1.807) is 0 Å². The molecule has 1 heterocycles. The van der Waals surface area contributed by atoms with E-state index in [2.05, 4.69) is 28.8 Å². The minimum atomic E-state index is -0.316. The predicted molar refractivity (Wildman–Crippen MR) is 92.1 cm³/mol. The molecule has 3 aromatic carbocycles. The van der Waals surface area contributed by atoms with Gasteiger partial charge in [-0.15, -0.1) is 0 Å². The van der Waals surface area contributed by atoms with Gasteiger partial charge in [0, 0.05) is 16.5 Å². The van der Waals surface area contributed by atoms with Crippen LogP contribution < -0.4 is 0 Å². The van der Waals surface area contributed by atoms with E-state index in [1.165, 1.54) is 7.11 Å². The van der Waals surface area contributed by atoms with Crippen LogP contribution in [0.15, 0.2) is 72.8 Å². The summed E-state index contributed by atoms with van der Waals surface area (Å²) in [7, 11) is 1.40. The monoisotopic (exact) mass is 301 g/mol. The first-order valence-electron chi connectivity index (χ1n) is 7.46. The van der Waals surface area contributed by atoms with Crippen LogP contribution in [0.5, 0.6) is 0 Å².